The van der Waals surface area contributed by atoms with Crippen molar-refractivity contribution in [1.82, 2.24) is 8.87 Å². The molecule has 1 aliphatic heterocycles. The molecule has 0 spiro atoms. The second-order valence-corrected chi connectivity index (χ2v) is 8.65. The van der Waals surface area contributed by atoms with Gasteiger partial charge in [0.15, 0.2) is 0 Å². The minimum absolute atomic E-state index is 0.0558. The largest absolute Gasteiger partial charge is 0.480 e. The summed E-state index contributed by atoms with van der Waals surface area (Å²) in [6.07, 6.45) is -0.0614. The van der Waals surface area contributed by atoms with Gasteiger partial charge in [0.25, 0.3) is 5.92 Å². The smallest absolute Gasteiger partial charge is 0.323 e. The van der Waals surface area contributed by atoms with Crippen molar-refractivity contribution in [3.05, 3.63) is 64.4 Å². The second kappa shape index (κ2) is 7.31. The van der Waals surface area contributed by atoms with E-state index in [0.29, 0.717) is 22.2 Å². The number of carboxylic acid groups (broad SMARTS) is 1. The molecule has 4 nitrogen and oxygen atoms in total. The van der Waals surface area contributed by atoms with E-state index in [2.05, 4.69) is 0 Å². The molecule has 0 aliphatic carbocycles. The molecule has 3 aromatic rings. The molecule has 0 unspecified atom stereocenters. The second-order valence-electron chi connectivity index (χ2n) is 7.40. The average Bonchev–Trinajstić information content (AvgIpc) is 2.86. The molecule has 1 aliphatic rings. The fraction of sp³-hybridized carbons (Fsp3) is 0.286. The Morgan fingerprint density at radius 1 is 1.23 bits per heavy atom. The van der Waals surface area contributed by atoms with E-state index >= 15 is 0 Å². The molecule has 9 heteroatoms. The van der Waals surface area contributed by atoms with Gasteiger partial charge in [0.2, 0.25) is 0 Å². The van der Waals surface area contributed by atoms with Gasteiger partial charge in [-0.05, 0) is 67.4 Å². The zero-order valence-corrected chi connectivity index (χ0v) is 17.0. The van der Waals surface area contributed by atoms with Crippen LogP contribution in [-0.2, 0) is 23.7 Å². The van der Waals surface area contributed by atoms with E-state index < -0.39 is 30.1 Å². The number of alkyl halides is 2. The molecule has 2 heterocycles. The summed E-state index contributed by atoms with van der Waals surface area (Å²) in [4.78, 5) is 11.4. The summed E-state index contributed by atoms with van der Waals surface area (Å²) in [5.41, 5.74) is 1.34. The molecule has 0 bridgehead atoms. The summed E-state index contributed by atoms with van der Waals surface area (Å²) < 4.78 is 60.6. The zero-order valence-electron chi connectivity index (χ0n) is 16.2. The van der Waals surface area contributed by atoms with Gasteiger partial charge in [0.1, 0.15) is 18.2 Å². The third kappa shape index (κ3) is 3.56. The number of fused-ring (bicyclic) bond motifs is 2. The SMILES string of the molecule is Cc1c(Cc2cc3c(cc2F)SN(C)CC3(F)F)c2cc(F)ccc2n1CC(=O)O. The Morgan fingerprint density at radius 3 is 2.67 bits per heavy atom. The summed E-state index contributed by atoms with van der Waals surface area (Å²) >= 11 is 1.06. The number of hydrogen-bond donors (Lipinski definition) is 1. The molecular formula is C21H18F4N2O2S. The van der Waals surface area contributed by atoms with Crippen LogP contribution in [0.25, 0.3) is 10.9 Å². The van der Waals surface area contributed by atoms with Gasteiger partial charge in [0, 0.05) is 33.5 Å². The number of halogens is 4. The van der Waals surface area contributed by atoms with E-state index in [4.69, 9.17) is 0 Å². The molecule has 4 rings (SSSR count). The van der Waals surface area contributed by atoms with E-state index in [0.717, 1.165) is 18.0 Å². The lowest BCUT2D eigenvalue weighted by molar-refractivity contribution is -0.137. The van der Waals surface area contributed by atoms with Crippen LogP contribution in [0, 0.1) is 18.6 Å². The molecule has 2 aromatic carbocycles. The predicted octanol–water partition coefficient (Wildman–Crippen LogP) is 4.95. The Morgan fingerprint density at radius 2 is 1.97 bits per heavy atom. The van der Waals surface area contributed by atoms with E-state index in [1.165, 1.54) is 40.2 Å². The van der Waals surface area contributed by atoms with E-state index in [9.17, 15) is 27.5 Å². The van der Waals surface area contributed by atoms with Crippen LogP contribution in [0.3, 0.4) is 0 Å². The van der Waals surface area contributed by atoms with Gasteiger partial charge in [-0.15, -0.1) is 0 Å². The van der Waals surface area contributed by atoms with Crippen LogP contribution >= 0.6 is 11.9 Å². The highest BCUT2D eigenvalue weighted by molar-refractivity contribution is 7.97. The van der Waals surface area contributed by atoms with Gasteiger partial charge < -0.3 is 9.67 Å². The van der Waals surface area contributed by atoms with Crippen molar-refractivity contribution >= 4 is 28.8 Å². The molecule has 0 saturated carbocycles. The van der Waals surface area contributed by atoms with E-state index in [1.54, 1.807) is 6.92 Å². The number of carboxylic acids is 1. The number of nitrogens with zero attached hydrogens (tertiary/aromatic N) is 2. The molecule has 1 N–H and O–H groups in total. The van der Waals surface area contributed by atoms with E-state index in [-0.39, 0.29) is 29.0 Å². The van der Waals surface area contributed by atoms with Crippen LogP contribution in [0.5, 0.6) is 0 Å². The fourth-order valence-electron chi connectivity index (χ4n) is 3.94. The summed E-state index contributed by atoms with van der Waals surface area (Å²) in [6, 6.07) is 6.21. The fourth-order valence-corrected chi connectivity index (χ4v) is 4.96. The van der Waals surface area contributed by atoms with Gasteiger partial charge in [-0.2, -0.15) is 8.78 Å². The zero-order chi connectivity index (χ0) is 21.8. The van der Waals surface area contributed by atoms with Gasteiger partial charge >= 0.3 is 5.97 Å². The Kier molecular flexibility index (Phi) is 5.06. The maximum atomic E-state index is 14.8. The van der Waals surface area contributed by atoms with Crippen molar-refractivity contribution in [3.63, 3.8) is 0 Å². The minimum Gasteiger partial charge on any atom is -0.480 e. The van der Waals surface area contributed by atoms with Crippen LogP contribution in [-0.4, -0.2) is 33.5 Å². The first-order chi connectivity index (χ1) is 14.1. The standard InChI is InChI=1S/C21H18F4N2O2S/c1-11-14(15-7-13(22)3-4-18(15)27(11)9-20(28)29)5-12-6-16-19(8-17(12)23)30-26(2)10-21(16,24)25/h3-4,6-8H,5,9-10H2,1-2H3,(H,28,29). The van der Waals surface area contributed by atoms with Gasteiger partial charge in [-0.25, -0.2) is 13.1 Å². The highest BCUT2D eigenvalue weighted by Crippen LogP contribution is 2.44. The first-order valence-corrected chi connectivity index (χ1v) is 9.93. The molecule has 0 radical (unpaired) electrons. The summed E-state index contributed by atoms with van der Waals surface area (Å²) in [7, 11) is 1.52. The average molecular weight is 438 g/mol. The summed E-state index contributed by atoms with van der Waals surface area (Å²) in [6.45, 7) is 0.825. The van der Waals surface area contributed by atoms with Crippen LogP contribution in [0.15, 0.2) is 35.2 Å². The maximum absolute atomic E-state index is 14.8. The lowest BCUT2D eigenvalue weighted by atomic mass is 9.97. The number of aromatic nitrogens is 1. The highest BCUT2D eigenvalue weighted by atomic mass is 32.2. The third-order valence-electron chi connectivity index (χ3n) is 5.29. The van der Waals surface area contributed by atoms with Gasteiger partial charge in [0.05, 0.1) is 6.54 Å². The number of rotatable bonds is 4. The highest BCUT2D eigenvalue weighted by Gasteiger charge is 2.40. The number of aliphatic carboxylic acids is 1. The van der Waals surface area contributed by atoms with Crippen LogP contribution in [0.2, 0.25) is 0 Å². The molecule has 0 saturated heterocycles. The molecule has 30 heavy (non-hydrogen) atoms. The Labute approximate surface area is 174 Å². The summed E-state index contributed by atoms with van der Waals surface area (Å²) in [5, 5.41) is 9.65. The monoisotopic (exact) mass is 438 g/mol. The van der Waals surface area contributed by atoms with Crippen molar-refractivity contribution in [2.45, 2.75) is 30.7 Å². The van der Waals surface area contributed by atoms with Crippen molar-refractivity contribution in [2.24, 2.45) is 0 Å². The number of benzene rings is 2. The van der Waals surface area contributed by atoms with Gasteiger partial charge in [-0.3, -0.25) is 4.79 Å². The van der Waals surface area contributed by atoms with Crippen molar-refractivity contribution in [2.75, 3.05) is 13.6 Å². The maximum Gasteiger partial charge on any atom is 0.323 e. The third-order valence-corrected chi connectivity index (χ3v) is 6.27. The van der Waals surface area contributed by atoms with Crippen LogP contribution in [0.1, 0.15) is 22.4 Å². The first-order valence-electron chi connectivity index (χ1n) is 9.15. The Bertz CT molecular complexity index is 1180. The Hall–Kier alpha value is -2.52. The van der Waals surface area contributed by atoms with E-state index in [1.807, 2.05) is 0 Å². The molecule has 0 amide bonds. The van der Waals surface area contributed by atoms with Crippen molar-refractivity contribution < 1.29 is 27.5 Å². The topological polar surface area (TPSA) is 45.5 Å². The molecule has 0 atom stereocenters. The van der Waals surface area contributed by atoms with Crippen LogP contribution in [0.4, 0.5) is 17.6 Å². The molecular weight excluding hydrogens is 420 g/mol. The van der Waals surface area contributed by atoms with Crippen molar-refractivity contribution in [3.8, 4) is 0 Å². The number of carbonyl (C=O) groups is 1. The molecule has 0 fully saturated rings. The summed E-state index contributed by atoms with van der Waals surface area (Å²) in [5.74, 6) is -5.36. The normalized spacial score (nSPS) is 16.1. The number of likely N-dealkylation sites (N-methyl/N-ethyl adjacent to an activating group) is 1. The lowest BCUT2D eigenvalue weighted by Crippen LogP contribution is -2.33. The molecule has 158 valence electrons. The lowest BCUT2D eigenvalue weighted by Gasteiger charge is -2.31. The first kappa shape index (κ1) is 20.7. The Balaban J connectivity index is 1.85. The minimum atomic E-state index is -3.13. The van der Waals surface area contributed by atoms with Crippen molar-refractivity contribution in [1.29, 1.82) is 0 Å². The number of hydrogen-bond acceptors (Lipinski definition) is 3. The van der Waals surface area contributed by atoms with Crippen LogP contribution < -0.4 is 0 Å². The van der Waals surface area contributed by atoms with Gasteiger partial charge in [-0.1, -0.05) is 0 Å². The molecule has 1 aromatic heterocycles. The predicted molar refractivity (Wildman–Crippen MR) is 106 cm³/mol. The quantitative estimate of drug-likeness (QED) is 0.463.